The van der Waals surface area contributed by atoms with Crippen molar-refractivity contribution in [3.63, 3.8) is 0 Å². The number of rotatable bonds is 3. The largest absolute Gasteiger partial charge is 0.417 e. The highest BCUT2D eigenvalue weighted by Gasteiger charge is 2.31. The maximum Gasteiger partial charge on any atom is 0.417 e. The topological polar surface area (TPSA) is 66.2 Å². The summed E-state index contributed by atoms with van der Waals surface area (Å²) in [6, 6.07) is 3.65. The van der Waals surface area contributed by atoms with Gasteiger partial charge < -0.3 is 9.52 Å². The van der Waals surface area contributed by atoms with E-state index in [2.05, 4.69) is 9.40 Å². The molecule has 0 bridgehead atoms. The number of H-pyrrole nitrogens is 1. The van der Waals surface area contributed by atoms with Gasteiger partial charge in [-0.3, -0.25) is 4.98 Å². The van der Waals surface area contributed by atoms with Crippen molar-refractivity contribution in [2.75, 3.05) is 6.61 Å². The van der Waals surface area contributed by atoms with E-state index in [0.717, 1.165) is 6.07 Å². The Morgan fingerprint density at radius 2 is 2.19 bits per heavy atom. The van der Waals surface area contributed by atoms with Gasteiger partial charge in [-0.2, -0.15) is 0 Å². The van der Waals surface area contributed by atoms with E-state index in [1.165, 1.54) is 12.1 Å². The van der Waals surface area contributed by atoms with Crippen LogP contribution in [0.5, 0.6) is 0 Å². The Balaban J connectivity index is 2.49. The lowest BCUT2D eigenvalue weighted by Gasteiger charge is -2.14. The first-order chi connectivity index (χ1) is 7.53. The zero-order valence-corrected chi connectivity index (χ0v) is 8.17. The van der Waals surface area contributed by atoms with Crippen LogP contribution in [0.25, 0.3) is 11.1 Å². The molecule has 0 aliphatic carbocycles. The van der Waals surface area contributed by atoms with E-state index in [-0.39, 0.29) is 11.1 Å². The van der Waals surface area contributed by atoms with Crippen LogP contribution in [0.3, 0.4) is 0 Å². The van der Waals surface area contributed by atoms with Crippen molar-refractivity contribution in [1.29, 1.82) is 0 Å². The molecule has 1 heterocycles. The van der Waals surface area contributed by atoms with Crippen molar-refractivity contribution in [1.82, 2.24) is 4.98 Å². The monoisotopic (exact) mass is 229 g/mol. The predicted molar refractivity (Wildman–Crippen MR) is 52.4 cm³/mol. The first kappa shape index (κ1) is 10.8. The molecule has 16 heavy (non-hydrogen) atoms. The molecule has 0 fully saturated rings. The van der Waals surface area contributed by atoms with Crippen molar-refractivity contribution >= 4 is 11.1 Å². The molecule has 6 heteroatoms. The molecule has 0 radical (unpaired) electrons. The molecule has 0 atom stereocenters. The second-order valence-electron chi connectivity index (χ2n) is 3.40. The lowest BCUT2D eigenvalue weighted by molar-refractivity contribution is -0.0269. The molecule has 2 aromatic rings. The average molecular weight is 229 g/mol. The summed E-state index contributed by atoms with van der Waals surface area (Å²) < 4.78 is 31.5. The number of benzene rings is 1. The maximum atomic E-state index is 13.4. The third-order valence-electron chi connectivity index (χ3n) is 2.27. The smallest absolute Gasteiger partial charge is 0.408 e. The van der Waals surface area contributed by atoms with Gasteiger partial charge in [-0.15, -0.1) is 0 Å². The summed E-state index contributed by atoms with van der Waals surface area (Å²) in [4.78, 5) is 13.2. The van der Waals surface area contributed by atoms with Crippen molar-refractivity contribution in [2.45, 2.75) is 12.3 Å². The molecule has 2 rings (SSSR count). The van der Waals surface area contributed by atoms with Gasteiger partial charge in [0, 0.05) is 18.6 Å². The van der Waals surface area contributed by atoms with Crippen LogP contribution >= 0.6 is 0 Å². The fourth-order valence-corrected chi connectivity index (χ4v) is 1.46. The predicted octanol–water partition coefficient (Wildman–Crippen LogP) is 1.60. The quantitative estimate of drug-likeness (QED) is 0.839. The number of aliphatic hydroxyl groups excluding tert-OH is 1. The molecule has 1 aromatic carbocycles. The Hall–Kier alpha value is -1.69. The van der Waals surface area contributed by atoms with Gasteiger partial charge in [-0.1, -0.05) is 6.07 Å². The third kappa shape index (κ3) is 1.83. The summed E-state index contributed by atoms with van der Waals surface area (Å²) >= 11 is 0. The van der Waals surface area contributed by atoms with Gasteiger partial charge in [0.2, 0.25) is 0 Å². The zero-order chi connectivity index (χ0) is 11.8. The summed E-state index contributed by atoms with van der Waals surface area (Å²) in [5.41, 5.74) is 0.172. The highest BCUT2D eigenvalue weighted by Crippen LogP contribution is 2.32. The fourth-order valence-electron chi connectivity index (χ4n) is 1.46. The second-order valence-corrected chi connectivity index (χ2v) is 3.40. The van der Waals surface area contributed by atoms with E-state index in [9.17, 15) is 13.6 Å². The van der Waals surface area contributed by atoms with Crippen LogP contribution in [-0.4, -0.2) is 16.7 Å². The highest BCUT2D eigenvalue weighted by atomic mass is 19.3. The molecule has 1 aromatic heterocycles. The van der Waals surface area contributed by atoms with Gasteiger partial charge in [0.05, 0.1) is 5.52 Å². The fraction of sp³-hybridized carbons (Fsp3) is 0.300. The van der Waals surface area contributed by atoms with Crippen molar-refractivity contribution < 1.29 is 18.3 Å². The van der Waals surface area contributed by atoms with Crippen LogP contribution < -0.4 is 5.76 Å². The number of nitrogens with one attached hydrogen (secondary N) is 1. The molecule has 0 spiro atoms. The first-order valence-electron chi connectivity index (χ1n) is 4.65. The number of aliphatic hydroxyl groups is 1. The summed E-state index contributed by atoms with van der Waals surface area (Å²) in [5, 5.41) is 8.52. The molecule has 0 unspecified atom stereocenters. The van der Waals surface area contributed by atoms with Gasteiger partial charge in [-0.05, 0) is 12.1 Å². The Labute approximate surface area is 88.5 Å². The van der Waals surface area contributed by atoms with Crippen LogP contribution in [0.4, 0.5) is 8.78 Å². The van der Waals surface area contributed by atoms with Gasteiger partial charge in [-0.25, -0.2) is 13.6 Å². The minimum absolute atomic E-state index is 0.0834. The van der Waals surface area contributed by atoms with E-state index in [4.69, 9.17) is 5.11 Å². The molecule has 0 saturated heterocycles. The molecular formula is C10H9F2NO3. The number of halogens is 2. The summed E-state index contributed by atoms with van der Waals surface area (Å²) in [5.74, 6) is -3.81. The van der Waals surface area contributed by atoms with Crippen LogP contribution in [0.15, 0.2) is 27.4 Å². The van der Waals surface area contributed by atoms with Crippen molar-refractivity contribution in [3.8, 4) is 0 Å². The number of aromatic nitrogens is 1. The molecule has 2 N–H and O–H groups in total. The van der Waals surface area contributed by atoms with Crippen LogP contribution in [-0.2, 0) is 5.92 Å². The molecule has 0 aliphatic rings. The van der Waals surface area contributed by atoms with E-state index >= 15 is 0 Å². The molecule has 0 saturated carbocycles. The van der Waals surface area contributed by atoms with Gasteiger partial charge in [0.15, 0.2) is 5.58 Å². The number of hydrogen-bond donors (Lipinski definition) is 2. The molecule has 86 valence electrons. The minimum atomic E-state index is -3.13. The van der Waals surface area contributed by atoms with Gasteiger partial charge >= 0.3 is 5.76 Å². The number of aromatic amines is 1. The van der Waals surface area contributed by atoms with E-state index < -0.39 is 24.7 Å². The lowest BCUT2D eigenvalue weighted by Crippen LogP contribution is -2.14. The van der Waals surface area contributed by atoms with Crippen molar-refractivity contribution in [3.05, 3.63) is 34.3 Å². The molecule has 0 amide bonds. The van der Waals surface area contributed by atoms with E-state index in [1.807, 2.05) is 0 Å². The minimum Gasteiger partial charge on any atom is -0.408 e. The summed E-state index contributed by atoms with van der Waals surface area (Å²) in [7, 11) is 0. The second kappa shape index (κ2) is 3.71. The van der Waals surface area contributed by atoms with Crippen LogP contribution in [0, 0.1) is 0 Å². The zero-order valence-electron chi connectivity index (χ0n) is 8.17. The first-order valence-corrected chi connectivity index (χ1v) is 4.65. The SMILES string of the molecule is O=c1[nH]c2ccc(C(F)(F)CCO)cc2o1. The lowest BCUT2D eigenvalue weighted by atomic mass is 10.1. The third-order valence-corrected chi connectivity index (χ3v) is 2.27. The Morgan fingerprint density at radius 1 is 1.44 bits per heavy atom. The van der Waals surface area contributed by atoms with Crippen LogP contribution in [0.1, 0.15) is 12.0 Å². The van der Waals surface area contributed by atoms with Gasteiger partial charge in [0.1, 0.15) is 0 Å². The highest BCUT2D eigenvalue weighted by molar-refractivity contribution is 5.72. The van der Waals surface area contributed by atoms with Crippen molar-refractivity contribution in [2.24, 2.45) is 0 Å². The number of alkyl halides is 2. The Bertz CT molecular complexity index is 558. The van der Waals surface area contributed by atoms with E-state index in [0.29, 0.717) is 5.52 Å². The summed E-state index contributed by atoms with van der Waals surface area (Å²) in [6.45, 7) is -0.609. The molecule has 4 nitrogen and oxygen atoms in total. The summed E-state index contributed by atoms with van der Waals surface area (Å²) in [6.07, 6.45) is -0.660. The standard InChI is InChI=1S/C10H9F2NO3/c11-10(12,3-4-14)6-1-2-7-8(5-6)16-9(15)13-7/h1-2,5,14H,3-4H2,(H,13,15). The maximum absolute atomic E-state index is 13.4. The van der Waals surface area contributed by atoms with Crippen LogP contribution in [0.2, 0.25) is 0 Å². The number of fused-ring (bicyclic) bond motifs is 1. The Kier molecular flexibility index (Phi) is 2.51. The normalized spacial score (nSPS) is 12.2. The molecule has 0 aliphatic heterocycles. The average Bonchev–Trinajstić information content (AvgIpc) is 2.56. The van der Waals surface area contributed by atoms with Gasteiger partial charge in [0.25, 0.3) is 5.92 Å². The van der Waals surface area contributed by atoms with E-state index in [1.54, 1.807) is 0 Å². The number of oxazole rings is 1. The Morgan fingerprint density at radius 3 is 2.88 bits per heavy atom. The molecular weight excluding hydrogens is 220 g/mol. The number of hydrogen-bond acceptors (Lipinski definition) is 3.